The van der Waals surface area contributed by atoms with Crippen LogP contribution in [0.3, 0.4) is 0 Å². The standard InChI is InChI=1S/C16H22O2/c1-15(8-10-2-3-12(15)6-10)16-5-4-11(9-16)7-13(16)14(17)18/h4-5,10-13H,2-3,6-9H2,1H3,(H,17,18). The lowest BCUT2D eigenvalue weighted by Gasteiger charge is -2.50. The molecule has 0 aromatic heterocycles. The van der Waals surface area contributed by atoms with Gasteiger partial charge in [0.15, 0.2) is 0 Å². The Hall–Kier alpha value is -0.790. The van der Waals surface area contributed by atoms with E-state index in [1.807, 2.05) is 0 Å². The lowest BCUT2D eigenvalue weighted by Crippen LogP contribution is -2.46. The molecule has 0 amide bonds. The number of rotatable bonds is 2. The molecule has 0 saturated heterocycles. The van der Waals surface area contributed by atoms with E-state index in [-0.39, 0.29) is 16.7 Å². The SMILES string of the molecule is CC1(C23C=CC(CC2C(=O)O)C3)CC2CCC1C2. The van der Waals surface area contributed by atoms with Gasteiger partial charge in [-0.1, -0.05) is 25.5 Å². The number of carbonyl (C=O) groups is 1. The molecule has 3 saturated carbocycles. The average molecular weight is 246 g/mol. The van der Waals surface area contributed by atoms with Crippen molar-refractivity contribution >= 4 is 5.97 Å². The Morgan fingerprint density at radius 3 is 2.67 bits per heavy atom. The summed E-state index contributed by atoms with van der Waals surface area (Å²) in [6.45, 7) is 2.41. The van der Waals surface area contributed by atoms with Gasteiger partial charge < -0.3 is 5.11 Å². The molecule has 0 spiro atoms. The number of allylic oxidation sites excluding steroid dienone is 2. The summed E-state index contributed by atoms with van der Waals surface area (Å²) in [5.41, 5.74) is 0.254. The first-order valence-electron chi connectivity index (χ1n) is 7.47. The lowest BCUT2D eigenvalue weighted by atomic mass is 9.53. The highest BCUT2D eigenvalue weighted by Crippen LogP contribution is 2.71. The van der Waals surface area contributed by atoms with Crippen LogP contribution in [0.15, 0.2) is 12.2 Å². The molecule has 0 aromatic carbocycles. The number of hydrogen-bond acceptors (Lipinski definition) is 1. The largest absolute Gasteiger partial charge is 0.481 e. The first-order chi connectivity index (χ1) is 8.55. The van der Waals surface area contributed by atoms with Crippen LogP contribution in [0.25, 0.3) is 0 Å². The molecule has 98 valence electrons. The van der Waals surface area contributed by atoms with Crippen molar-refractivity contribution in [1.82, 2.24) is 0 Å². The molecule has 4 rings (SSSR count). The quantitative estimate of drug-likeness (QED) is 0.757. The molecular formula is C16H22O2. The predicted molar refractivity (Wildman–Crippen MR) is 69.0 cm³/mol. The molecule has 18 heavy (non-hydrogen) atoms. The minimum absolute atomic E-state index is 0.0106. The Kier molecular flexibility index (Phi) is 1.97. The highest BCUT2D eigenvalue weighted by molar-refractivity contribution is 5.73. The third kappa shape index (κ3) is 1.08. The Morgan fingerprint density at radius 1 is 1.28 bits per heavy atom. The molecule has 4 aliphatic rings. The summed E-state index contributed by atoms with van der Waals surface area (Å²) >= 11 is 0. The van der Waals surface area contributed by atoms with Crippen molar-refractivity contribution in [2.45, 2.75) is 45.4 Å². The third-order valence-corrected chi connectivity index (χ3v) is 6.94. The van der Waals surface area contributed by atoms with Gasteiger partial charge in [0, 0.05) is 5.41 Å². The second-order valence-corrected chi connectivity index (χ2v) is 7.49. The van der Waals surface area contributed by atoms with Gasteiger partial charge in [-0.2, -0.15) is 0 Å². The fourth-order valence-corrected chi connectivity index (χ4v) is 6.13. The van der Waals surface area contributed by atoms with E-state index < -0.39 is 5.97 Å². The van der Waals surface area contributed by atoms with Crippen LogP contribution in [0.1, 0.15) is 45.4 Å². The Balaban J connectivity index is 1.78. The molecule has 0 aliphatic heterocycles. The molecule has 0 radical (unpaired) electrons. The molecule has 3 fully saturated rings. The first-order valence-corrected chi connectivity index (χ1v) is 7.47. The van der Waals surface area contributed by atoms with Gasteiger partial charge in [-0.25, -0.2) is 0 Å². The van der Waals surface area contributed by atoms with Crippen molar-refractivity contribution in [2.24, 2.45) is 34.5 Å². The minimum Gasteiger partial charge on any atom is -0.481 e. The zero-order valence-corrected chi connectivity index (χ0v) is 11.1. The summed E-state index contributed by atoms with van der Waals surface area (Å²) in [5, 5.41) is 9.61. The number of carboxylic acid groups (broad SMARTS) is 1. The average Bonchev–Trinajstić information content (AvgIpc) is 3.06. The monoisotopic (exact) mass is 246 g/mol. The minimum atomic E-state index is -0.550. The Bertz CT molecular complexity index is 440. The molecule has 2 heteroatoms. The van der Waals surface area contributed by atoms with Crippen LogP contribution >= 0.6 is 0 Å². The van der Waals surface area contributed by atoms with Gasteiger partial charge in [-0.3, -0.25) is 4.79 Å². The van der Waals surface area contributed by atoms with Crippen LogP contribution in [0.4, 0.5) is 0 Å². The number of aliphatic carboxylic acids is 1. The summed E-state index contributed by atoms with van der Waals surface area (Å²) < 4.78 is 0. The lowest BCUT2D eigenvalue weighted by molar-refractivity contribution is -0.149. The molecule has 6 atom stereocenters. The molecule has 0 heterocycles. The van der Waals surface area contributed by atoms with E-state index >= 15 is 0 Å². The smallest absolute Gasteiger partial charge is 0.307 e. The van der Waals surface area contributed by atoms with Gasteiger partial charge in [0.2, 0.25) is 0 Å². The molecule has 1 N–H and O–H groups in total. The van der Waals surface area contributed by atoms with E-state index in [1.54, 1.807) is 0 Å². The fourth-order valence-electron chi connectivity index (χ4n) is 6.13. The first kappa shape index (κ1) is 11.1. The van der Waals surface area contributed by atoms with E-state index in [1.165, 1.54) is 25.7 Å². The van der Waals surface area contributed by atoms with Crippen LogP contribution in [0.2, 0.25) is 0 Å². The van der Waals surface area contributed by atoms with Gasteiger partial charge in [-0.15, -0.1) is 0 Å². The van der Waals surface area contributed by atoms with Crippen molar-refractivity contribution in [2.75, 3.05) is 0 Å². The van der Waals surface area contributed by atoms with Crippen molar-refractivity contribution in [1.29, 1.82) is 0 Å². The van der Waals surface area contributed by atoms with E-state index in [0.717, 1.165) is 24.7 Å². The predicted octanol–water partition coefficient (Wildman–Crippen LogP) is 3.48. The maximum absolute atomic E-state index is 11.7. The zero-order chi connectivity index (χ0) is 12.5. The van der Waals surface area contributed by atoms with Gasteiger partial charge in [-0.05, 0) is 55.3 Å². The summed E-state index contributed by atoms with van der Waals surface area (Å²) in [4.78, 5) is 11.7. The van der Waals surface area contributed by atoms with E-state index in [0.29, 0.717) is 5.92 Å². The van der Waals surface area contributed by atoms with Crippen LogP contribution < -0.4 is 0 Å². The maximum Gasteiger partial charge on any atom is 0.307 e. The summed E-state index contributed by atoms with van der Waals surface area (Å²) in [5.74, 6) is 1.55. The van der Waals surface area contributed by atoms with Crippen LogP contribution in [-0.4, -0.2) is 11.1 Å². The van der Waals surface area contributed by atoms with Gasteiger partial charge in [0.1, 0.15) is 0 Å². The summed E-state index contributed by atoms with van der Waals surface area (Å²) in [6.07, 6.45) is 12.0. The van der Waals surface area contributed by atoms with Gasteiger partial charge in [0.25, 0.3) is 0 Å². The molecule has 2 nitrogen and oxygen atoms in total. The Morgan fingerprint density at radius 2 is 2.11 bits per heavy atom. The van der Waals surface area contributed by atoms with E-state index in [4.69, 9.17) is 0 Å². The topological polar surface area (TPSA) is 37.3 Å². The second-order valence-electron chi connectivity index (χ2n) is 7.49. The fraction of sp³-hybridized carbons (Fsp3) is 0.812. The van der Waals surface area contributed by atoms with Gasteiger partial charge >= 0.3 is 5.97 Å². The van der Waals surface area contributed by atoms with Crippen molar-refractivity contribution in [3.63, 3.8) is 0 Å². The van der Waals surface area contributed by atoms with Crippen molar-refractivity contribution < 1.29 is 9.90 Å². The number of fused-ring (bicyclic) bond motifs is 4. The van der Waals surface area contributed by atoms with Crippen LogP contribution in [0.5, 0.6) is 0 Å². The van der Waals surface area contributed by atoms with Crippen molar-refractivity contribution in [3.05, 3.63) is 12.2 Å². The Labute approximate surface area is 108 Å². The van der Waals surface area contributed by atoms with E-state index in [2.05, 4.69) is 19.1 Å². The second kappa shape index (κ2) is 3.20. The van der Waals surface area contributed by atoms with Crippen LogP contribution in [-0.2, 0) is 4.79 Å². The normalized spacial score (nSPS) is 56.5. The molecule has 0 aromatic rings. The van der Waals surface area contributed by atoms with Gasteiger partial charge in [0.05, 0.1) is 5.92 Å². The number of hydrogen-bond donors (Lipinski definition) is 1. The summed E-state index contributed by atoms with van der Waals surface area (Å²) in [6, 6.07) is 0. The molecule has 4 bridgehead atoms. The highest BCUT2D eigenvalue weighted by atomic mass is 16.4. The molecule has 6 unspecified atom stereocenters. The van der Waals surface area contributed by atoms with Crippen molar-refractivity contribution in [3.8, 4) is 0 Å². The summed E-state index contributed by atoms with van der Waals surface area (Å²) in [7, 11) is 0. The molecular weight excluding hydrogens is 224 g/mol. The zero-order valence-electron chi connectivity index (χ0n) is 11.1. The van der Waals surface area contributed by atoms with Crippen LogP contribution in [0, 0.1) is 34.5 Å². The van der Waals surface area contributed by atoms with E-state index in [9.17, 15) is 9.90 Å². The number of carboxylic acids is 1. The molecule has 4 aliphatic carbocycles. The maximum atomic E-state index is 11.7. The third-order valence-electron chi connectivity index (χ3n) is 6.94. The highest BCUT2D eigenvalue weighted by Gasteiger charge is 2.66.